The Balaban J connectivity index is 1.53. The summed E-state index contributed by atoms with van der Waals surface area (Å²) in [4.78, 5) is 16.8. The Bertz CT molecular complexity index is 456. The molecular weight excluding hydrogens is 262 g/mol. The van der Waals surface area contributed by atoms with Gasteiger partial charge in [-0.1, -0.05) is 30.3 Å². The van der Waals surface area contributed by atoms with Crippen molar-refractivity contribution in [3.63, 3.8) is 0 Å². The summed E-state index contributed by atoms with van der Waals surface area (Å²) < 4.78 is 0. The molecule has 0 bridgehead atoms. The Morgan fingerprint density at radius 2 is 1.90 bits per heavy atom. The number of amides is 1. The van der Waals surface area contributed by atoms with E-state index in [1.165, 1.54) is 18.4 Å². The van der Waals surface area contributed by atoms with Gasteiger partial charge in [-0.25, -0.2) is 0 Å². The Kier molecular flexibility index (Phi) is 4.88. The van der Waals surface area contributed by atoms with Crippen LogP contribution in [-0.4, -0.2) is 55.0 Å². The number of hydrogen-bond acceptors (Lipinski definition) is 3. The van der Waals surface area contributed by atoms with Crippen molar-refractivity contribution < 1.29 is 4.79 Å². The smallest absolute Gasteiger partial charge is 0.223 e. The second-order valence-electron chi connectivity index (χ2n) is 5.99. The van der Waals surface area contributed by atoms with E-state index in [0.29, 0.717) is 18.4 Å². The fourth-order valence-corrected chi connectivity index (χ4v) is 3.46. The van der Waals surface area contributed by atoms with E-state index in [9.17, 15) is 4.79 Å². The molecule has 0 radical (unpaired) electrons. The first-order chi connectivity index (χ1) is 10.3. The highest BCUT2D eigenvalue weighted by atomic mass is 16.2. The summed E-state index contributed by atoms with van der Waals surface area (Å²) in [5.41, 5.74) is 1.39. The highest BCUT2D eigenvalue weighted by Crippen LogP contribution is 2.31. The lowest BCUT2D eigenvalue weighted by atomic mass is 10.0. The van der Waals surface area contributed by atoms with Crippen molar-refractivity contribution in [3.05, 3.63) is 35.9 Å². The molecule has 2 aliphatic heterocycles. The SMILES string of the molecule is O=C(CCN1CCCC1c1ccccc1)N1CCNCC1. The predicted molar refractivity (Wildman–Crippen MR) is 84.1 cm³/mol. The number of carbonyl (C=O) groups excluding carboxylic acids is 1. The van der Waals surface area contributed by atoms with Gasteiger partial charge in [0.2, 0.25) is 5.91 Å². The van der Waals surface area contributed by atoms with Crippen molar-refractivity contribution in [1.82, 2.24) is 15.1 Å². The summed E-state index contributed by atoms with van der Waals surface area (Å²) in [6, 6.07) is 11.2. The van der Waals surface area contributed by atoms with E-state index in [1.807, 2.05) is 4.90 Å². The van der Waals surface area contributed by atoms with Gasteiger partial charge in [0.25, 0.3) is 0 Å². The largest absolute Gasteiger partial charge is 0.340 e. The van der Waals surface area contributed by atoms with Crippen LogP contribution in [-0.2, 0) is 4.79 Å². The van der Waals surface area contributed by atoms with Gasteiger partial charge in [0.15, 0.2) is 0 Å². The number of benzene rings is 1. The fourth-order valence-electron chi connectivity index (χ4n) is 3.46. The highest BCUT2D eigenvalue weighted by Gasteiger charge is 2.26. The second-order valence-corrected chi connectivity index (χ2v) is 5.99. The topological polar surface area (TPSA) is 35.6 Å². The molecule has 2 heterocycles. The van der Waals surface area contributed by atoms with Gasteiger partial charge in [-0.15, -0.1) is 0 Å². The molecule has 1 amide bonds. The van der Waals surface area contributed by atoms with Gasteiger partial charge in [0, 0.05) is 45.2 Å². The first-order valence-electron chi connectivity index (χ1n) is 8.12. The molecule has 4 heteroatoms. The molecule has 2 fully saturated rings. The molecule has 0 spiro atoms. The number of rotatable bonds is 4. The van der Waals surface area contributed by atoms with E-state index in [0.717, 1.165) is 39.3 Å². The Hall–Kier alpha value is -1.39. The van der Waals surface area contributed by atoms with Crippen LogP contribution in [0.1, 0.15) is 30.9 Å². The minimum Gasteiger partial charge on any atom is -0.340 e. The number of nitrogens with zero attached hydrogens (tertiary/aromatic N) is 2. The summed E-state index contributed by atoms with van der Waals surface area (Å²) in [6.45, 7) is 5.60. The molecule has 1 N–H and O–H groups in total. The third kappa shape index (κ3) is 3.63. The summed E-state index contributed by atoms with van der Waals surface area (Å²) in [6.07, 6.45) is 3.11. The molecule has 1 aromatic rings. The number of piperazine rings is 1. The van der Waals surface area contributed by atoms with Crippen molar-refractivity contribution in [2.75, 3.05) is 39.3 Å². The zero-order chi connectivity index (χ0) is 14.5. The molecule has 1 aromatic carbocycles. The molecule has 1 atom stereocenters. The van der Waals surface area contributed by atoms with E-state index in [-0.39, 0.29) is 0 Å². The molecule has 1 unspecified atom stereocenters. The summed E-state index contributed by atoms with van der Waals surface area (Å²) in [7, 11) is 0. The lowest BCUT2D eigenvalue weighted by Gasteiger charge is -2.29. The lowest BCUT2D eigenvalue weighted by molar-refractivity contribution is -0.132. The van der Waals surface area contributed by atoms with E-state index in [2.05, 4.69) is 40.5 Å². The summed E-state index contributed by atoms with van der Waals surface area (Å²) >= 11 is 0. The first kappa shape index (κ1) is 14.5. The molecule has 2 aliphatic rings. The quantitative estimate of drug-likeness (QED) is 0.914. The number of carbonyl (C=O) groups is 1. The van der Waals surface area contributed by atoms with Gasteiger partial charge in [0.1, 0.15) is 0 Å². The Labute approximate surface area is 127 Å². The number of likely N-dealkylation sites (tertiary alicyclic amines) is 1. The minimum atomic E-state index is 0.315. The normalized spacial score (nSPS) is 23.4. The van der Waals surface area contributed by atoms with Crippen LogP contribution in [0.4, 0.5) is 0 Å². The molecule has 0 aliphatic carbocycles. The summed E-state index contributed by atoms with van der Waals surface area (Å²) in [5.74, 6) is 0.315. The lowest BCUT2D eigenvalue weighted by Crippen LogP contribution is -2.47. The van der Waals surface area contributed by atoms with Crippen LogP contribution in [0.15, 0.2) is 30.3 Å². The van der Waals surface area contributed by atoms with Gasteiger partial charge in [-0.3, -0.25) is 9.69 Å². The van der Waals surface area contributed by atoms with E-state index < -0.39 is 0 Å². The zero-order valence-electron chi connectivity index (χ0n) is 12.6. The van der Waals surface area contributed by atoms with E-state index in [1.54, 1.807) is 0 Å². The van der Waals surface area contributed by atoms with Crippen LogP contribution in [0.2, 0.25) is 0 Å². The minimum absolute atomic E-state index is 0.315. The maximum absolute atomic E-state index is 12.3. The van der Waals surface area contributed by atoms with E-state index >= 15 is 0 Å². The van der Waals surface area contributed by atoms with Crippen molar-refractivity contribution in [2.24, 2.45) is 0 Å². The van der Waals surface area contributed by atoms with E-state index in [4.69, 9.17) is 0 Å². The fraction of sp³-hybridized carbons (Fsp3) is 0.588. The van der Waals surface area contributed by atoms with Gasteiger partial charge >= 0.3 is 0 Å². The third-order valence-corrected chi connectivity index (χ3v) is 4.63. The number of nitrogens with one attached hydrogen (secondary N) is 1. The average molecular weight is 287 g/mol. The number of hydrogen-bond donors (Lipinski definition) is 1. The van der Waals surface area contributed by atoms with Crippen LogP contribution < -0.4 is 5.32 Å². The van der Waals surface area contributed by atoms with Crippen LogP contribution in [0, 0.1) is 0 Å². The Morgan fingerprint density at radius 3 is 2.67 bits per heavy atom. The average Bonchev–Trinajstić information content (AvgIpc) is 3.03. The first-order valence-corrected chi connectivity index (χ1v) is 8.12. The highest BCUT2D eigenvalue weighted by molar-refractivity contribution is 5.76. The van der Waals surface area contributed by atoms with Crippen molar-refractivity contribution in [2.45, 2.75) is 25.3 Å². The maximum Gasteiger partial charge on any atom is 0.223 e. The molecule has 0 saturated carbocycles. The summed E-state index contributed by atoms with van der Waals surface area (Å²) in [5, 5.41) is 3.29. The van der Waals surface area contributed by atoms with Gasteiger partial charge in [0.05, 0.1) is 0 Å². The van der Waals surface area contributed by atoms with Crippen LogP contribution in [0.3, 0.4) is 0 Å². The van der Waals surface area contributed by atoms with Gasteiger partial charge in [-0.05, 0) is 24.9 Å². The molecular formula is C17H25N3O. The van der Waals surface area contributed by atoms with Gasteiger partial charge in [-0.2, -0.15) is 0 Å². The Morgan fingerprint density at radius 1 is 1.14 bits per heavy atom. The standard InChI is InChI=1S/C17H25N3O/c21-17(20-13-9-18-10-14-20)8-12-19-11-4-7-16(19)15-5-2-1-3-6-15/h1-3,5-6,16,18H,4,7-14H2. The predicted octanol–water partition coefficient (Wildman–Crippen LogP) is 1.65. The molecule has 114 valence electrons. The maximum atomic E-state index is 12.3. The van der Waals surface area contributed by atoms with Crippen LogP contribution in [0.25, 0.3) is 0 Å². The van der Waals surface area contributed by atoms with Crippen LogP contribution >= 0.6 is 0 Å². The zero-order valence-corrected chi connectivity index (χ0v) is 12.6. The molecule has 4 nitrogen and oxygen atoms in total. The van der Waals surface area contributed by atoms with Crippen LogP contribution in [0.5, 0.6) is 0 Å². The van der Waals surface area contributed by atoms with Crippen molar-refractivity contribution >= 4 is 5.91 Å². The monoisotopic (exact) mass is 287 g/mol. The van der Waals surface area contributed by atoms with Crippen molar-refractivity contribution in [3.8, 4) is 0 Å². The third-order valence-electron chi connectivity index (χ3n) is 4.63. The molecule has 21 heavy (non-hydrogen) atoms. The molecule has 2 saturated heterocycles. The van der Waals surface area contributed by atoms with Crippen molar-refractivity contribution in [1.29, 1.82) is 0 Å². The molecule has 0 aromatic heterocycles. The molecule has 3 rings (SSSR count). The van der Waals surface area contributed by atoms with Gasteiger partial charge < -0.3 is 10.2 Å². The second kappa shape index (κ2) is 7.05.